The summed E-state index contributed by atoms with van der Waals surface area (Å²) < 4.78 is 29.7. The average Bonchev–Trinajstić information content (AvgIpc) is 2.89. The van der Waals surface area contributed by atoms with Gasteiger partial charge in [0.15, 0.2) is 15.6 Å². The van der Waals surface area contributed by atoms with Crippen molar-refractivity contribution in [1.82, 2.24) is 0 Å². The van der Waals surface area contributed by atoms with Crippen molar-refractivity contribution in [2.24, 2.45) is 0 Å². The number of fused-ring (bicyclic) bond motifs is 1. The lowest BCUT2D eigenvalue weighted by molar-refractivity contribution is 0.102. The Morgan fingerprint density at radius 1 is 0.846 bits per heavy atom. The first-order valence-electron chi connectivity index (χ1n) is 8.20. The Bertz CT molecular complexity index is 1090. The standard InChI is InChI=1S/C21H16O4S/c22-20-14-26(23,24)21-10-9-17(12-19(20)21)16-7-4-8-18(11-16)25-13-15-5-2-1-3-6-15/h1-12H,13-14H2. The zero-order valence-corrected chi connectivity index (χ0v) is 14.7. The molecule has 3 aromatic carbocycles. The van der Waals surface area contributed by atoms with Crippen LogP contribution in [-0.4, -0.2) is 20.0 Å². The highest BCUT2D eigenvalue weighted by Gasteiger charge is 2.33. The quantitative estimate of drug-likeness (QED) is 0.704. The van der Waals surface area contributed by atoms with E-state index in [1.165, 1.54) is 6.07 Å². The summed E-state index contributed by atoms with van der Waals surface area (Å²) in [6.45, 7) is 0.464. The van der Waals surface area contributed by atoms with Gasteiger partial charge in [0.05, 0.1) is 4.90 Å². The van der Waals surface area contributed by atoms with Crippen LogP contribution in [0.25, 0.3) is 11.1 Å². The van der Waals surface area contributed by atoms with Gasteiger partial charge in [0, 0.05) is 5.56 Å². The van der Waals surface area contributed by atoms with E-state index in [1.807, 2.05) is 54.6 Å². The third-order valence-electron chi connectivity index (χ3n) is 4.35. The Kier molecular flexibility index (Phi) is 4.09. The number of ether oxygens (including phenoxy) is 1. The molecule has 0 spiro atoms. The minimum atomic E-state index is -3.48. The van der Waals surface area contributed by atoms with Crippen molar-refractivity contribution in [3.63, 3.8) is 0 Å². The maximum absolute atomic E-state index is 12.0. The van der Waals surface area contributed by atoms with Crippen LogP contribution in [0.4, 0.5) is 0 Å². The van der Waals surface area contributed by atoms with E-state index in [0.717, 1.165) is 16.7 Å². The SMILES string of the molecule is O=C1CS(=O)(=O)c2ccc(-c3cccc(OCc4ccccc4)c3)cc21. The molecule has 26 heavy (non-hydrogen) atoms. The molecular formula is C21H16O4S. The molecule has 0 N–H and O–H groups in total. The summed E-state index contributed by atoms with van der Waals surface area (Å²) in [7, 11) is -3.48. The Morgan fingerprint density at radius 3 is 2.42 bits per heavy atom. The number of hydrogen-bond acceptors (Lipinski definition) is 4. The maximum atomic E-state index is 12.0. The van der Waals surface area contributed by atoms with Gasteiger partial charge in [0.2, 0.25) is 0 Å². The van der Waals surface area contributed by atoms with E-state index in [0.29, 0.717) is 12.4 Å². The second-order valence-electron chi connectivity index (χ2n) is 6.20. The number of sulfone groups is 1. The first-order valence-corrected chi connectivity index (χ1v) is 9.85. The monoisotopic (exact) mass is 364 g/mol. The second kappa shape index (κ2) is 6.42. The summed E-state index contributed by atoms with van der Waals surface area (Å²) in [6, 6.07) is 22.3. The van der Waals surface area contributed by atoms with E-state index in [-0.39, 0.29) is 16.2 Å². The van der Waals surface area contributed by atoms with Gasteiger partial charge in [-0.15, -0.1) is 0 Å². The highest BCUT2D eigenvalue weighted by Crippen LogP contribution is 2.31. The van der Waals surface area contributed by atoms with E-state index in [2.05, 4.69) is 0 Å². The molecule has 1 aliphatic heterocycles. The van der Waals surface area contributed by atoms with Crippen LogP contribution in [0.2, 0.25) is 0 Å². The highest BCUT2D eigenvalue weighted by atomic mass is 32.2. The minimum absolute atomic E-state index is 0.128. The number of ketones is 1. The third kappa shape index (κ3) is 3.13. The molecule has 1 aliphatic rings. The van der Waals surface area contributed by atoms with Gasteiger partial charge >= 0.3 is 0 Å². The van der Waals surface area contributed by atoms with E-state index in [9.17, 15) is 13.2 Å². The van der Waals surface area contributed by atoms with Crippen LogP contribution >= 0.6 is 0 Å². The molecule has 4 nitrogen and oxygen atoms in total. The largest absolute Gasteiger partial charge is 0.489 e. The predicted octanol–water partition coefficient (Wildman–Crippen LogP) is 3.90. The molecule has 0 aliphatic carbocycles. The van der Waals surface area contributed by atoms with E-state index in [1.54, 1.807) is 12.1 Å². The Morgan fingerprint density at radius 2 is 1.62 bits per heavy atom. The topological polar surface area (TPSA) is 60.4 Å². The Labute approximate surface area is 152 Å². The maximum Gasteiger partial charge on any atom is 0.186 e. The molecule has 0 fully saturated rings. The molecule has 0 radical (unpaired) electrons. The highest BCUT2D eigenvalue weighted by molar-refractivity contribution is 7.92. The zero-order valence-electron chi connectivity index (χ0n) is 13.9. The summed E-state index contributed by atoms with van der Waals surface area (Å²) in [5.41, 5.74) is 3.01. The van der Waals surface area contributed by atoms with Crippen molar-refractivity contribution in [3.8, 4) is 16.9 Å². The number of rotatable bonds is 4. The van der Waals surface area contributed by atoms with Gasteiger partial charge in [-0.05, 0) is 41.0 Å². The van der Waals surface area contributed by atoms with Crippen LogP contribution in [0.5, 0.6) is 5.75 Å². The molecule has 4 rings (SSSR count). The van der Waals surface area contributed by atoms with Gasteiger partial charge in [-0.25, -0.2) is 8.42 Å². The molecule has 0 aromatic heterocycles. The molecular weight excluding hydrogens is 348 g/mol. The summed E-state index contributed by atoms with van der Waals surface area (Å²) >= 11 is 0. The zero-order chi connectivity index (χ0) is 18.1. The fourth-order valence-electron chi connectivity index (χ4n) is 3.03. The molecule has 0 atom stereocenters. The van der Waals surface area contributed by atoms with Crippen molar-refractivity contribution >= 4 is 15.6 Å². The van der Waals surface area contributed by atoms with Crippen LogP contribution in [0.3, 0.4) is 0 Å². The van der Waals surface area contributed by atoms with Crippen LogP contribution in [-0.2, 0) is 16.4 Å². The van der Waals surface area contributed by atoms with E-state index < -0.39 is 15.6 Å². The van der Waals surface area contributed by atoms with Crippen LogP contribution in [0.15, 0.2) is 77.7 Å². The van der Waals surface area contributed by atoms with Gasteiger partial charge in [-0.1, -0.05) is 48.5 Å². The minimum Gasteiger partial charge on any atom is -0.489 e. The van der Waals surface area contributed by atoms with Gasteiger partial charge in [-0.2, -0.15) is 0 Å². The normalized spacial score (nSPS) is 14.8. The van der Waals surface area contributed by atoms with E-state index in [4.69, 9.17) is 4.74 Å². The van der Waals surface area contributed by atoms with Gasteiger partial charge in [0.1, 0.15) is 18.1 Å². The van der Waals surface area contributed by atoms with Gasteiger partial charge < -0.3 is 4.74 Å². The second-order valence-corrected chi connectivity index (χ2v) is 8.15. The van der Waals surface area contributed by atoms with Crippen molar-refractivity contribution in [2.75, 3.05) is 5.75 Å². The molecule has 1 heterocycles. The lowest BCUT2D eigenvalue weighted by Crippen LogP contribution is -2.03. The summed E-state index contributed by atoms with van der Waals surface area (Å²) in [4.78, 5) is 12.1. The first kappa shape index (κ1) is 16.5. The molecule has 0 unspecified atom stereocenters. The molecule has 130 valence electrons. The number of Topliss-reactive ketones (excluding diaryl/α,β-unsaturated/α-hetero) is 1. The van der Waals surface area contributed by atoms with Crippen molar-refractivity contribution in [2.45, 2.75) is 11.5 Å². The Hall–Kier alpha value is -2.92. The fraction of sp³-hybridized carbons (Fsp3) is 0.0952. The summed E-state index contributed by atoms with van der Waals surface area (Å²) in [6.07, 6.45) is 0. The molecule has 3 aromatic rings. The van der Waals surface area contributed by atoms with Crippen molar-refractivity contribution in [3.05, 3.63) is 83.9 Å². The lowest BCUT2D eigenvalue weighted by atomic mass is 10.0. The van der Waals surface area contributed by atoms with Crippen LogP contribution in [0.1, 0.15) is 15.9 Å². The van der Waals surface area contributed by atoms with Crippen molar-refractivity contribution < 1.29 is 17.9 Å². The molecule has 0 saturated heterocycles. The van der Waals surface area contributed by atoms with Crippen LogP contribution in [0, 0.1) is 0 Å². The van der Waals surface area contributed by atoms with Crippen molar-refractivity contribution in [1.29, 1.82) is 0 Å². The number of benzene rings is 3. The van der Waals surface area contributed by atoms with Gasteiger partial charge in [-0.3, -0.25) is 4.79 Å². The number of carbonyl (C=O) groups excluding carboxylic acids is 1. The molecule has 0 bridgehead atoms. The lowest BCUT2D eigenvalue weighted by Gasteiger charge is -2.09. The summed E-state index contributed by atoms with van der Waals surface area (Å²) in [5, 5.41) is 0. The van der Waals surface area contributed by atoms with Crippen LogP contribution < -0.4 is 4.74 Å². The molecule has 5 heteroatoms. The Balaban J connectivity index is 1.61. The smallest absolute Gasteiger partial charge is 0.186 e. The summed E-state index contributed by atoms with van der Waals surface area (Å²) in [5.74, 6) is -0.0735. The molecule has 0 saturated carbocycles. The number of hydrogen-bond donors (Lipinski definition) is 0. The average molecular weight is 364 g/mol. The number of carbonyl (C=O) groups is 1. The third-order valence-corrected chi connectivity index (χ3v) is 6.02. The molecule has 0 amide bonds. The fourth-order valence-corrected chi connectivity index (χ4v) is 4.47. The first-order chi connectivity index (χ1) is 12.5. The van der Waals surface area contributed by atoms with Gasteiger partial charge in [0.25, 0.3) is 0 Å². The predicted molar refractivity (Wildman–Crippen MR) is 99.0 cm³/mol. The van der Waals surface area contributed by atoms with E-state index >= 15 is 0 Å².